The van der Waals surface area contributed by atoms with Gasteiger partial charge in [-0.05, 0) is 42.8 Å². The molecule has 0 bridgehead atoms. The second-order valence-electron chi connectivity index (χ2n) is 6.90. The average molecular weight is 402 g/mol. The number of benzene rings is 1. The SMILES string of the molecule is CC=O.CNc1ccc(-c2ccc(N)c(NCC3=CC4C=CC=NC4C=C3)n2)cc1. The van der Waals surface area contributed by atoms with E-state index in [2.05, 4.69) is 52.1 Å². The molecule has 2 atom stereocenters. The molecule has 4 rings (SSSR count). The van der Waals surface area contributed by atoms with Crippen LogP contribution >= 0.6 is 0 Å². The summed E-state index contributed by atoms with van der Waals surface area (Å²) in [5.41, 5.74) is 11.0. The topological polar surface area (TPSA) is 92.4 Å². The van der Waals surface area contributed by atoms with Gasteiger partial charge in [-0.3, -0.25) is 4.99 Å². The highest BCUT2D eigenvalue weighted by Crippen LogP contribution is 2.26. The normalized spacial score (nSPS) is 18.5. The van der Waals surface area contributed by atoms with E-state index in [1.807, 2.05) is 43.6 Å². The Labute approximate surface area is 177 Å². The third-order valence-electron chi connectivity index (χ3n) is 4.84. The molecule has 6 heteroatoms. The zero-order chi connectivity index (χ0) is 21.3. The molecule has 2 aliphatic rings. The summed E-state index contributed by atoms with van der Waals surface area (Å²) in [6, 6.07) is 12.3. The van der Waals surface area contributed by atoms with Gasteiger partial charge >= 0.3 is 0 Å². The van der Waals surface area contributed by atoms with Crippen LogP contribution in [0.25, 0.3) is 11.3 Å². The van der Waals surface area contributed by atoms with E-state index >= 15 is 0 Å². The number of hydrogen-bond acceptors (Lipinski definition) is 6. The van der Waals surface area contributed by atoms with Crippen LogP contribution in [0.15, 0.2) is 77.3 Å². The van der Waals surface area contributed by atoms with Crippen molar-refractivity contribution in [3.05, 3.63) is 72.4 Å². The van der Waals surface area contributed by atoms with Crippen molar-refractivity contribution in [1.29, 1.82) is 0 Å². The van der Waals surface area contributed by atoms with Gasteiger partial charge in [0.1, 0.15) is 12.1 Å². The lowest BCUT2D eigenvalue weighted by atomic mass is 9.90. The molecule has 0 radical (unpaired) electrons. The predicted octanol–water partition coefficient (Wildman–Crippen LogP) is 4.11. The number of anilines is 3. The molecule has 2 unspecified atom stereocenters. The molecule has 154 valence electrons. The minimum Gasteiger partial charge on any atom is -0.396 e. The molecule has 0 saturated heterocycles. The Morgan fingerprint density at radius 1 is 1.13 bits per heavy atom. The zero-order valence-corrected chi connectivity index (χ0v) is 17.2. The van der Waals surface area contributed by atoms with Crippen LogP contribution < -0.4 is 16.4 Å². The molecule has 0 spiro atoms. The number of pyridine rings is 1. The maximum atomic E-state index is 8.81. The van der Waals surface area contributed by atoms with Crippen LogP contribution in [0.1, 0.15) is 6.92 Å². The minimum absolute atomic E-state index is 0.228. The summed E-state index contributed by atoms with van der Waals surface area (Å²) >= 11 is 0. The van der Waals surface area contributed by atoms with Crippen LogP contribution in [0.5, 0.6) is 0 Å². The lowest BCUT2D eigenvalue weighted by Gasteiger charge is -2.22. The molecule has 6 nitrogen and oxygen atoms in total. The molecule has 0 saturated carbocycles. The van der Waals surface area contributed by atoms with Crippen molar-refractivity contribution in [3.63, 3.8) is 0 Å². The number of fused-ring (bicyclic) bond motifs is 1. The van der Waals surface area contributed by atoms with Crippen LogP contribution in [0.3, 0.4) is 0 Å². The molecule has 1 aliphatic carbocycles. The van der Waals surface area contributed by atoms with Crippen LogP contribution in [0.4, 0.5) is 17.2 Å². The van der Waals surface area contributed by atoms with Crippen LogP contribution in [-0.2, 0) is 4.79 Å². The Balaban J connectivity index is 0.000000806. The first-order valence-corrected chi connectivity index (χ1v) is 9.92. The van der Waals surface area contributed by atoms with Crippen molar-refractivity contribution < 1.29 is 4.79 Å². The second-order valence-corrected chi connectivity index (χ2v) is 6.90. The molecule has 2 aromatic rings. The number of carbonyl (C=O) groups is 1. The van der Waals surface area contributed by atoms with E-state index in [1.165, 1.54) is 12.5 Å². The van der Waals surface area contributed by atoms with E-state index in [0.717, 1.165) is 23.2 Å². The highest BCUT2D eigenvalue weighted by molar-refractivity contribution is 5.73. The van der Waals surface area contributed by atoms with Gasteiger partial charge in [0.2, 0.25) is 0 Å². The van der Waals surface area contributed by atoms with E-state index in [9.17, 15) is 0 Å². The van der Waals surface area contributed by atoms with Gasteiger partial charge in [-0.25, -0.2) is 4.98 Å². The van der Waals surface area contributed by atoms with Crippen molar-refractivity contribution in [2.75, 3.05) is 30.0 Å². The summed E-state index contributed by atoms with van der Waals surface area (Å²) in [4.78, 5) is 18.0. The van der Waals surface area contributed by atoms with Gasteiger partial charge in [-0.15, -0.1) is 0 Å². The van der Waals surface area contributed by atoms with Gasteiger partial charge in [0, 0.05) is 37.0 Å². The lowest BCUT2D eigenvalue weighted by Crippen LogP contribution is -2.20. The van der Waals surface area contributed by atoms with Crippen molar-refractivity contribution in [3.8, 4) is 11.3 Å². The number of carbonyl (C=O) groups excluding carboxylic acids is 1. The molecular formula is C24H27N5O. The summed E-state index contributed by atoms with van der Waals surface area (Å²) < 4.78 is 0. The van der Waals surface area contributed by atoms with Gasteiger partial charge in [0.05, 0.1) is 17.4 Å². The van der Waals surface area contributed by atoms with E-state index in [0.29, 0.717) is 24.0 Å². The predicted molar refractivity (Wildman–Crippen MR) is 126 cm³/mol. The minimum atomic E-state index is 0.228. The van der Waals surface area contributed by atoms with Gasteiger partial charge in [-0.1, -0.05) is 36.4 Å². The fraction of sp³-hybridized carbons (Fsp3) is 0.208. The summed E-state index contributed by atoms with van der Waals surface area (Å²) in [7, 11) is 1.91. The molecule has 0 fully saturated rings. The van der Waals surface area contributed by atoms with Crippen molar-refractivity contribution >= 4 is 29.7 Å². The molecule has 4 N–H and O–H groups in total. The molecular weight excluding hydrogens is 374 g/mol. The zero-order valence-electron chi connectivity index (χ0n) is 17.2. The maximum absolute atomic E-state index is 8.81. The quantitative estimate of drug-likeness (QED) is 0.656. The summed E-state index contributed by atoms with van der Waals surface area (Å²) in [5.74, 6) is 1.04. The average Bonchev–Trinajstić information content (AvgIpc) is 2.79. The molecule has 1 aromatic carbocycles. The lowest BCUT2D eigenvalue weighted by molar-refractivity contribution is -0.106. The maximum Gasteiger partial charge on any atom is 0.150 e. The van der Waals surface area contributed by atoms with Gasteiger partial charge < -0.3 is 21.2 Å². The Morgan fingerprint density at radius 3 is 2.63 bits per heavy atom. The van der Waals surface area contributed by atoms with Gasteiger partial charge in [0.25, 0.3) is 0 Å². The third-order valence-corrected chi connectivity index (χ3v) is 4.84. The highest BCUT2D eigenvalue weighted by Gasteiger charge is 2.19. The number of hydrogen-bond donors (Lipinski definition) is 3. The smallest absolute Gasteiger partial charge is 0.150 e. The van der Waals surface area contributed by atoms with Gasteiger partial charge in [-0.2, -0.15) is 0 Å². The third kappa shape index (κ3) is 5.23. The molecule has 2 heterocycles. The van der Waals surface area contributed by atoms with E-state index < -0.39 is 0 Å². The Hall–Kier alpha value is -3.67. The molecule has 1 aromatic heterocycles. The Morgan fingerprint density at radius 2 is 1.90 bits per heavy atom. The number of aromatic nitrogens is 1. The first-order chi connectivity index (χ1) is 14.6. The second kappa shape index (κ2) is 10.2. The number of nitrogens with two attached hydrogens (primary N) is 1. The highest BCUT2D eigenvalue weighted by atomic mass is 16.1. The largest absolute Gasteiger partial charge is 0.396 e. The van der Waals surface area contributed by atoms with Crippen molar-refractivity contribution in [2.45, 2.75) is 13.0 Å². The number of aldehydes is 1. The monoisotopic (exact) mass is 401 g/mol. The van der Waals surface area contributed by atoms with Crippen molar-refractivity contribution in [2.24, 2.45) is 10.9 Å². The fourth-order valence-corrected chi connectivity index (χ4v) is 3.28. The fourth-order valence-electron chi connectivity index (χ4n) is 3.28. The first kappa shape index (κ1) is 21.0. The van der Waals surface area contributed by atoms with Crippen LogP contribution in [0.2, 0.25) is 0 Å². The van der Waals surface area contributed by atoms with Crippen LogP contribution in [-0.4, -0.2) is 37.1 Å². The number of rotatable bonds is 5. The number of nitrogens with zero attached hydrogens (tertiary/aromatic N) is 2. The van der Waals surface area contributed by atoms with E-state index in [-0.39, 0.29) is 6.04 Å². The first-order valence-electron chi connectivity index (χ1n) is 9.92. The van der Waals surface area contributed by atoms with Gasteiger partial charge in [0.15, 0.2) is 0 Å². The number of allylic oxidation sites excluding steroid dienone is 1. The number of aliphatic imine (C=N–C) groups is 1. The van der Waals surface area contributed by atoms with Crippen molar-refractivity contribution in [1.82, 2.24) is 4.98 Å². The number of nitrogens with one attached hydrogen (secondary N) is 2. The molecule has 0 amide bonds. The molecule has 30 heavy (non-hydrogen) atoms. The summed E-state index contributed by atoms with van der Waals surface area (Å²) in [6.07, 6.45) is 13.3. The summed E-state index contributed by atoms with van der Waals surface area (Å²) in [6.45, 7) is 2.12. The number of nitrogen functional groups attached to an aromatic ring is 1. The number of dihydropyridines is 1. The molecule has 1 aliphatic heterocycles. The standard InChI is InChI=1S/C22H23N5.C2H4O/c1-24-18-7-5-16(6-8-18)21-11-9-19(23)22(27-21)26-14-15-4-10-20-17(13-15)3-2-12-25-20;1-2-3/h2-13,17,20,24H,14,23H2,1H3,(H,26,27);2H,1H3. The summed E-state index contributed by atoms with van der Waals surface area (Å²) in [5, 5.41) is 6.50. The Bertz CT molecular complexity index is 989. The Kier molecular flexibility index (Phi) is 7.16. The van der Waals surface area contributed by atoms with E-state index in [1.54, 1.807) is 0 Å². The van der Waals surface area contributed by atoms with E-state index in [4.69, 9.17) is 15.5 Å². The van der Waals surface area contributed by atoms with Crippen LogP contribution in [0, 0.1) is 5.92 Å².